The number of anilines is 1. The number of hydrogen-bond donors (Lipinski definition) is 2. The second kappa shape index (κ2) is 6.19. The van der Waals surface area contributed by atoms with E-state index in [-0.39, 0.29) is 11.2 Å². The Morgan fingerprint density at radius 2 is 2.44 bits per heavy atom. The van der Waals surface area contributed by atoms with Crippen molar-refractivity contribution in [1.29, 1.82) is 0 Å². The Morgan fingerprint density at radius 3 is 3.11 bits per heavy atom. The SMILES string of the molecule is C=CCNC(=O)C(C)Sc1nnc(NC2CC2)s1. The Labute approximate surface area is 114 Å². The van der Waals surface area contributed by atoms with Crippen LogP contribution in [0.3, 0.4) is 0 Å². The van der Waals surface area contributed by atoms with Gasteiger partial charge in [-0.3, -0.25) is 4.79 Å². The van der Waals surface area contributed by atoms with E-state index in [4.69, 9.17) is 0 Å². The summed E-state index contributed by atoms with van der Waals surface area (Å²) in [7, 11) is 0. The van der Waals surface area contributed by atoms with E-state index in [0.29, 0.717) is 12.6 Å². The molecule has 2 rings (SSSR count). The van der Waals surface area contributed by atoms with E-state index in [0.717, 1.165) is 9.47 Å². The van der Waals surface area contributed by atoms with Crippen molar-refractivity contribution in [1.82, 2.24) is 15.5 Å². The summed E-state index contributed by atoms with van der Waals surface area (Å²) in [5.41, 5.74) is 0. The minimum atomic E-state index is -0.174. The molecule has 1 saturated carbocycles. The monoisotopic (exact) mass is 284 g/mol. The highest BCUT2D eigenvalue weighted by Gasteiger charge is 2.23. The number of hydrogen-bond acceptors (Lipinski definition) is 6. The number of amides is 1. The van der Waals surface area contributed by atoms with E-state index in [2.05, 4.69) is 27.4 Å². The van der Waals surface area contributed by atoms with Gasteiger partial charge in [-0.05, 0) is 19.8 Å². The minimum Gasteiger partial charge on any atom is -0.357 e. The van der Waals surface area contributed by atoms with Crippen LogP contribution in [0.25, 0.3) is 0 Å². The van der Waals surface area contributed by atoms with Crippen LogP contribution in [-0.2, 0) is 4.79 Å². The topological polar surface area (TPSA) is 66.9 Å². The lowest BCUT2D eigenvalue weighted by Gasteiger charge is -2.07. The number of carbonyl (C=O) groups is 1. The molecular formula is C11H16N4OS2. The van der Waals surface area contributed by atoms with Crippen molar-refractivity contribution in [2.24, 2.45) is 0 Å². The number of nitrogens with zero attached hydrogens (tertiary/aromatic N) is 2. The van der Waals surface area contributed by atoms with E-state index in [1.54, 1.807) is 6.08 Å². The van der Waals surface area contributed by atoms with Gasteiger partial charge in [0.15, 0.2) is 4.34 Å². The van der Waals surface area contributed by atoms with Gasteiger partial charge < -0.3 is 10.6 Å². The highest BCUT2D eigenvalue weighted by molar-refractivity contribution is 8.02. The molecule has 1 heterocycles. The summed E-state index contributed by atoms with van der Waals surface area (Å²) in [6.45, 7) is 5.92. The molecule has 7 heteroatoms. The van der Waals surface area contributed by atoms with Crippen molar-refractivity contribution in [2.75, 3.05) is 11.9 Å². The molecule has 1 aliphatic carbocycles. The number of thioether (sulfide) groups is 1. The number of carbonyl (C=O) groups excluding carboxylic acids is 1. The van der Waals surface area contributed by atoms with Crippen LogP contribution in [0.4, 0.5) is 5.13 Å². The maximum absolute atomic E-state index is 11.7. The fraction of sp³-hybridized carbons (Fsp3) is 0.545. The molecule has 0 bridgehead atoms. The van der Waals surface area contributed by atoms with E-state index in [1.807, 2.05) is 6.92 Å². The van der Waals surface area contributed by atoms with E-state index < -0.39 is 0 Å². The summed E-state index contributed by atoms with van der Waals surface area (Å²) in [6, 6.07) is 0.573. The molecule has 1 amide bonds. The molecule has 0 radical (unpaired) electrons. The standard InChI is InChI=1S/C11H16N4OS2/c1-3-6-12-9(16)7(2)17-11-15-14-10(18-11)13-8-4-5-8/h3,7-8H,1,4-6H2,2H3,(H,12,16)(H,13,14). The van der Waals surface area contributed by atoms with Gasteiger partial charge >= 0.3 is 0 Å². The first-order valence-electron chi connectivity index (χ1n) is 5.84. The highest BCUT2D eigenvalue weighted by atomic mass is 32.2. The van der Waals surface area contributed by atoms with Gasteiger partial charge in [-0.25, -0.2) is 0 Å². The molecule has 0 saturated heterocycles. The molecule has 18 heavy (non-hydrogen) atoms. The summed E-state index contributed by atoms with van der Waals surface area (Å²) in [4.78, 5) is 11.7. The van der Waals surface area contributed by atoms with Gasteiger partial charge in [0.05, 0.1) is 5.25 Å². The molecule has 0 spiro atoms. The third kappa shape index (κ3) is 3.99. The smallest absolute Gasteiger partial charge is 0.233 e. The van der Waals surface area contributed by atoms with Crippen LogP contribution in [0.2, 0.25) is 0 Å². The first-order valence-corrected chi connectivity index (χ1v) is 7.54. The van der Waals surface area contributed by atoms with Crippen molar-refractivity contribution in [3.8, 4) is 0 Å². The van der Waals surface area contributed by atoms with Crippen LogP contribution in [0.15, 0.2) is 17.0 Å². The maximum atomic E-state index is 11.7. The molecule has 5 nitrogen and oxygen atoms in total. The predicted molar refractivity (Wildman–Crippen MR) is 75.1 cm³/mol. The predicted octanol–water partition coefficient (Wildman–Crippen LogP) is 1.90. The summed E-state index contributed by atoms with van der Waals surface area (Å²) < 4.78 is 0.819. The van der Waals surface area contributed by atoms with E-state index in [1.165, 1.54) is 35.9 Å². The Hall–Kier alpha value is -1.08. The first-order chi connectivity index (χ1) is 8.69. The van der Waals surface area contributed by atoms with Crippen LogP contribution >= 0.6 is 23.1 Å². The van der Waals surface area contributed by atoms with Gasteiger partial charge in [0.25, 0.3) is 0 Å². The molecular weight excluding hydrogens is 268 g/mol. The van der Waals surface area contributed by atoms with Crippen LogP contribution in [-0.4, -0.2) is 33.9 Å². The van der Waals surface area contributed by atoms with Crippen molar-refractivity contribution in [3.63, 3.8) is 0 Å². The number of aromatic nitrogens is 2. The van der Waals surface area contributed by atoms with Crippen LogP contribution in [0, 0.1) is 0 Å². The van der Waals surface area contributed by atoms with Gasteiger partial charge in [-0.15, -0.1) is 16.8 Å². The van der Waals surface area contributed by atoms with Gasteiger partial charge in [0.1, 0.15) is 0 Å². The molecule has 1 atom stereocenters. The number of nitrogens with one attached hydrogen (secondary N) is 2. The van der Waals surface area contributed by atoms with Crippen molar-refractivity contribution >= 4 is 34.1 Å². The van der Waals surface area contributed by atoms with Gasteiger partial charge in [-0.1, -0.05) is 29.2 Å². The summed E-state index contributed by atoms with van der Waals surface area (Å²) >= 11 is 2.93. The lowest BCUT2D eigenvalue weighted by atomic mass is 10.4. The molecule has 0 aromatic carbocycles. The summed E-state index contributed by atoms with van der Waals surface area (Å²) in [5, 5.41) is 14.9. The van der Waals surface area contributed by atoms with E-state index >= 15 is 0 Å². The Morgan fingerprint density at radius 1 is 1.67 bits per heavy atom. The number of rotatable bonds is 7. The third-order valence-electron chi connectivity index (χ3n) is 2.38. The van der Waals surface area contributed by atoms with Crippen molar-refractivity contribution < 1.29 is 4.79 Å². The normalized spacial score (nSPS) is 16.1. The van der Waals surface area contributed by atoms with Crippen LogP contribution in [0.1, 0.15) is 19.8 Å². The van der Waals surface area contributed by atoms with Gasteiger partial charge in [0, 0.05) is 12.6 Å². The molecule has 1 aromatic rings. The lowest BCUT2D eigenvalue weighted by Crippen LogP contribution is -2.30. The Bertz CT molecular complexity index is 430. The zero-order chi connectivity index (χ0) is 13.0. The molecule has 1 aliphatic rings. The Balaban J connectivity index is 1.81. The fourth-order valence-corrected chi connectivity index (χ4v) is 3.24. The molecule has 98 valence electrons. The average Bonchev–Trinajstić information content (AvgIpc) is 3.06. The Kier molecular flexibility index (Phi) is 4.60. The highest BCUT2D eigenvalue weighted by Crippen LogP contribution is 2.31. The minimum absolute atomic E-state index is 0.00759. The average molecular weight is 284 g/mol. The molecule has 0 aliphatic heterocycles. The van der Waals surface area contributed by atoms with E-state index in [9.17, 15) is 4.79 Å². The summed E-state index contributed by atoms with van der Waals surface area (Å²) in [6.07, 6.45) is 4.09. The lowest BCUT2D eigenvalue weighted by molar-refractivity contribution is -0.120. The quantitative estimate of drug-likeness (QED) is 0.591. The van der Waals surface area contributed by atoms with Crippen molar-refractivity contribution in [3.05, 3.63) is 12.7 Å². The molecule has 1 unspecified atom stereocenters. The molecule has 1 fully saturated rings. The molecule has 1 aromatic heterocycles. The first kappa shape index (κ1) is 13.4. The van der Waals surface area contributed by atoms with Gasteiger partial charge in [-0.2, -0.15) is 0 Å². The second-order valence-corrected chi connectivity index (χ2v) is 6.65. The summed E-state index contributed by atoms with van der Waals surface area (Å²) in [5.74, 6) is -0.00759. The molecule has 2 N–H and O–H groups in total. The fourth-order valence-electron chi connectivity index (χ4n) is 1.24. The zero-order valence-corrected chi connectivity index (χ0v) is 11.8. The van der Waals surface area contributed by atoms with Crippen molar-refractivity contribution in [2.45, 2.75) is 35.4 Å². The maximum Gasteiger partial charge on any atom is 0.233 e. The second-order valence-electron chi connectivity index (χ2n) is 4.09. The van der Waals surface area contributed by atoms with Crippen LogP contribution < -0.4 is 10.6 Å². The largest absolute Gasteiger partial charge is 0.357 e. The zero-order valence-electron chi connectivity index (χ0n) is 10.2. The van der Waals surface area contributed by atoms with Gasteiger partial charge in [0.2, 0.25) is 11.0 Å². The third-order valence-corrected chi connectivity index (χ3v) is 4.42. The van der Waals surface area contributed by atoms with Crippen LogP contribution in [0.5, 0.6) is 0 Å².